The van der Waals surface area contributed by atoms with Crippen LogP contribution in [-0.2, 0) is 0 Å². The standard InChI is InChI=1S/C11H10BrClINO/c12-9-2-1-7(14)5-8(9)10(16)15-11(6-13)3-4-11/h1-2,5H,3-4,6H2,(H,15,16). The van der Waals surface area contributed by atoms with Gasteiger partial charge in [0.15, 0.2) is 0 Å². The molecule has 1 aromatic rings. The Balaban J connectivity index is 2.17. The van der Waals surface area contributed by atoms with Gasteiger partial charge < -0.3 is 5.32 Å². The molecule has 1 saturated carbocycles. The maximum absolute atomic E-state index is 12.0. The minimum atomic E-state index is -0.153. The smallest absolute Gasteiger partial charge is 0.252 e. The van der Waals surface area contributed by atoms with Crippen LogP contribution in [0, 0.1) is 3.57 Å². The predicted octanol–water partition coefficient (Wildman–Crippen LogP) is 3.55. The molecule has 5 heteroatoms. The zero-order valence-corrected chi connectivity index (χ0v) is 12.9. The van der Waals surface area contributed by atoms with E-state index in [0.717, 1.165) is 20.9 Å². The van der Waals surface area contributed by atoms with Gasteiger partial charge in [0.05, 0.1) is 11.1 Å². The van der Waals surface area contributed by atoms with Gasteiger partial charge in [-0.3, -0.25) is 4.79 Å². The first-order valence-corrected chi connectivity index (χ1v) is 7.30. The van der Waals surface area contributed by atoms with Crippen LogP contribution in [0.2, 0.25) is 0 Å². The molecule has 1 amide bonds. The highest BCUT2D eigenvalue weighted by Crippen LogP contribution is 2.37. The summed E-state index contributed by atoms with van der Waals surface area (Å²) in [6.07, 6.45) is 1.95. The van der Waals surface area contributed by atoms with Crippen molar-refractivity contribution >= 4 is 56.0 Å². The molecule has 16 heavy (non-hydrogen) atoms. The average Bonchev–Trinajstić information content (AvgIpc) is 3.02. The number of hydrogen-bond donors (Lipinski definition) is 1. The van der Waals surface area contributed by atoms with Gasteiger partial charge in [-0.2, -0.15) is 0 Å². The third-order valence-electron chi connectivity index (χ3n) is 2.66. The van der Waals surface area contributed by atoms with Crippen LogP contribution < -0.4 is 5.32 Å². The molecule has 0 atom stereocenters. The topological polar surface area (TPSA) is 29.1 Å². The van der Waals surface area contributed by atoms with Crippen LogP contribution in [0.1, 0.15) is 23.2 Å². The summed E-state index contributed by atoms with van der Waals surface area (Å²) in [6.45, 7) is 0. The first kappa shape index (κ1) is 12.6. The van der Waals surface area contributed by atoms with Crippen molar-refractivity contribution in [2.24, 2.45) is 0 Å². The van der Waals surface area contributed by atoms with E-state index in [1.165, 1.54) is 0 Å². The van der Waals surface area contributed by atoms with Gasteiger partial charge in [-0.25, -0.2) is 0 Å². The molecule has 1 aliphatic rings. The third-order valence-corrected chi connectivity index (χ3v) is 4.54. The molecule has 1 aromatic carbocycles. The monoisotopic (exact) mass is 413 g/mol. The first-order valence-electron chi connectivity index (χ1n) is 4.90. The van der Waals surface area contributed by atoms with Crippen LogP contribution in [0.25, 0.3) is 0 Å². The Labute approximate surface area is 121 Å². The number of benzene rings is 1. The van der Waals surface area contributed by atoms with Crippen LogP contribution >= 0.6 is 50.1 Å². The lowest BCUT2D eigenvalue weighted by atomic mass is 10.2. The lowest BCUT2D eigenvalue weighted by molar-refractivity contribution is 0.0935. The molecule has 0 aromatic heterocycles. The molecule has 2 nitrogen and oxygen atoms in total. The SMILES string of the molecule is O=C(NC1(CCl)CC1)c1cc(I)ccc1Br. The van der Waals surface area contributed by atoms with Crippen molar-refractivity contribution < 1.29 is 4.79 Å². The third kappa shape index (κ3) is 2.71. The second-order valence-corrected chi connectivity index (χ2v) is 6.36. The molecule has 0 aliphatic heterocycles. The van der Waals surface area contributed by atoms with Crippen molar-refractivity contribution in [1.82, 2.24) is 5.32 Å². The van der Waals surface area contributed by atoms with Crippen molar-refractivity contribution in [3.05, 3.63) is 31.8 Å². The molecule has 0 spiro atoms. The summed E-state index contributed by atoms with van der Waals surface area (Å²) in [4.78, 5) is 12.0. The Morgan fingerprint density at radius 3 is 2.81 bits per heavy atom. The van der Waals surface area contributed by atoms with Gasteiger partial charge >= 0.3 is 0 Å². The van der Waals surface area contributed by atoms with Crippen LogP contribution in [-0.4, -0.2) is 17.3 Å². The Morgan fingerprint density at radius 1 is 1.56 bits per heavy atom. The molecule has 0 saturated heterocycles. The highest BCUT2D eigenvalue weighted by atomic mass is 127. The number of nitrogens with one attached hydrogen (secondary N) is 1. The number of amides is 1. The second-order valence-electron chi connectivity index (χ2n) is 3.99. The van der Waals surface area contributed by atoms with Crippen molar-refractivity contribution in [3.63, 3.8) is 0 Å². The van der Waals surface area contributed by atoms with Crippen molar-refractivity contribution in [2.45, 2.75) is 18.4 Å². The molecule has 0 heterocycles. The summed E-state index contributed by atoms with van der Waals surface area (Å²) >= 11 is 11.4. The van der Waals surface area contributed by atoms with E-state index in [4.69, 9.17) is 11.6 Å². The number of rotatable bonds is 3. The minimum Gasteiger partial charge on any atom is -0.345 e. The van der Waals surface area contributed by atoms with E-state index in [2.05, 4.69) is 43.8 Å². The molecular weight excluding hydrogens is 404 g/mol. The van der Waals surface area contributed by atoms with Gasteiger partial charge in [0.25, 0.3) is 5.91 Å². The van der Waals surface area contributed by atoms with Crippen molar-refractivity contribution in [1.29, 1.82) is 0 Å². The van der Waals surface area contributed by atoms with E-state index in [1.54, 1.807) is 0 Å². The normalized spacial score (nSPS) is 16.9. The molecule has 1 fully saturated rings. The molecule has 0 bridgehead atoms. The number of carbonyl (C=O) groups excluding carboxylic acids is 1. The fourth-order valence-electron chi connectivity index (χ4n) is 1.42. The van der Waals surface area contributed by atoms with Gasteiger partial charge in [-0.15, -0.1) is 11.6 Å². The van der Waals surface area contributed by atoms with Crippen LogP contribution in [0.5, 0.6) is 0 Å². The Hall–Kier alpha value is 0.190. The summed E-state index contributed by atoms with van der Waals surface area (Å²) < 4.78 is 1.86. The molecule has 1 N–H and O–H groups in total. The van der Waals surface area contributed by atoms with E-state index in [0.29, 0.717) is 11.4 Å². The van der Waals surface area contributed by atoms with E-state index in [1.807, 2.05) is 18.2 Å². The Morgan fingerprint density at radius 2 is 2.25 bits per heavy atom. The molecule has 0 radical (unpaired) electrons. The maximum Gasteiger partial charge on any atom is 0.252 e. The summed E-state index contributed by atoms with van der Waals surface area (Å²) in [6, 6.07) is 5.71. The van der Waals surface area contributed by atoms with E-state index < -0.39 is 0 Å². The largest absolute Gasteiger partial charge is 0.345 e. The highest BCUT2D eigenvalue weighted by molar-refractivity contribution is 14.1. The lowest BCUT2D eigenvalue weighted by Crippen LogP contribution is -2.38. The van der Waals surface area contributed by atoms with Gasteiger partial charge in [0.1, 0.15) is 0 Å². The lowest BCUT2D eigenvalue weighted by Gasteiger charge is -2.14. The quantitative estimate of drug-likeness (QED) is 0.595. The van der Waals surface area contributed by atoms with Gasteiger partial charge in [0, 0.05) is 13.9 Å². The summed E-state index contributed by atoms with van der Waals surface area (Å²) in [7, 11) is 0. The van der Waals surface area contributed by atoms with E-state index in [-0.39, 0.29) is 11.4 Å². The highest BCUT2D eigenvalue weighted by Gasteiger charge is 2.43. The van der Waals surface area contributed by atoms with E-state index in [9.17, 15) is 4.79 Å². The number of halogens is 3. The van der Waals surface area contributed by atoms with Crippen LogP contribution in [0.3, 0.4) is 0 Å². The molecule has 2 rings (SSSR count). The Bertz CT molecular complexity index is 434. The number of alkyl halides is 1. The summed E-state index contributed by atoms with van der Waals surface area (Å²) in [5.41, 5.74) is 0.516. The van der Waals surface area contributed by atoms with Crippen LogP contribution in [0.15, 0.2) is 22.7 Å². The molecule has 86 valence electrons. The fourth-order valence-corrected chi connectivity index (χ4v) is 2.67. The molecule has 1 aliphatic carbocycles. The Kier molecular flexibility index (Phi) is 3.81. The average molecular weight is 414 g/mol. The summed E-state index contributed by atoms with van der Waals surface area (Å²) in [5, 5.41) is 3.00. The van der Waals surface area contributed by atoms with Crippen molar-refractivity contribution in [3.8, 4) is 0 Å². The fraction of sp³-hybridized carbons (Fsp3) is 0.364. The second kappa shape index (κ2) is 4.82. The van der Waals surface area contributed by atoms with Crippen molar-refractivity contribution in [2.75, 3.05) is 5.88 Å². The zero-order chi connectivity index (χ0) is 11.8. The maximum atomic E-state index is 12.0. The molecular formula is C11H10BrClINO. The van der Waals surface area contributed by atoms with Gasteiger partial charge in [-0.05, 0) is 69.6 Å². The first-order chi connectivity index (χ1) is 7.56. The zero-order valence-electron chi connectivity index (χ0n) is 8.40. The summed E-state index contributed by atoms with van der Waals surface area (Å²) in [5.74, 6) is 0.434. The number of carbonyl (C=O) groups is 1. The van der Waals surface area contributed by atoms with Gasteiger partial charge in [0.2, 0.25) is 0 Å². The predicted molar refractivity (Wildman–Crippen MR) is 77.0 cm³/mol. The number of hydrogen-bond acceptors (Lipinski definition) is 1. The van der Waals surface area contributed by atoms with Crippen LogP contribution in [0.4, 0.5) is 0 Å². The molecule has 0 unspecified atom stereocenters. The minimum absolute atomic E-state index is 0.0523. The van der Waals surface area contributed by atoms with Gasteiger partial charge in [-0.1, -0.05) is 0 Å². The van der Waals surface area contributed by atoms with E-state index >= 15 is 0 Å².